The summed E-state index contributed by atoms with van der Waals surface area (Å²) in [7, 11) is 0. The van der Waals surface area contributed by atoms with Crippen LogP contribution in [0.2, 0.25) is 0 Å². The number of rotatable bonds is 6. The van der Waals surface area contributed by atoms with Gasteiger partial charge in [0.1, 0.15) is 6.33 Å². The van der Waals surface area contributed by atoms with Crippen molar-refractivity contribution in [2.45, 2.75) is 50.1 Å². The van der Waals surface area contributed by atoms with Crippen LogP contribution >= 0.6 is 11.8 Å². The Labute approximate surface area is 152 Å². The van der Waals surface area contributed by atoms with E-state index in [1.165, 1.54) is 17.3 Å². The Morgan fingerprint density at radius 3 is 3.04 bits per heavy atom. The lowest BCUT2D eigenvalue weighted by Gasteiger charge is -2.15. The quantitative estimate of drug-likeness (QED) is 0.802. The Morgan fingerprint density at radius 2 is 2.32 bits per heavy atom. The molecular formula is C18H24N4O2S. The summed E-state index contributed by atoms with van der Waals surface area (Å²) in [5.74, 6) is -0.00400. The molecule has 2 aromatic rings. The molecule has 1 aliphatic rings. The monoisotopic (exact) mass is 360 g/mol. The Morgan fingerprint density at radius 1 is 1.48 bits per heavy atom. The van der Waals surface area contributed by atoms with E-state index in [2.05, 4.69) is 47.6 Å². The molecule has 1 aromatic heterocycles. The summed E-state index contributed by atoms with van der Waals surface area (Å²) in [5, 5.41) is 11.6. The van der Waals surface area contributed by atoms with Crippen molar-refractivity contribution in [2.24, 2.45) is 0 Å². The van der Waals surface area contributed by atoms with E-state index in [1.54, 1.807) is 6.33 Å². The maximum atomic E-state index is 12.3. The number of aryl methyl sites for hydroxylation is 2. The SMILES string of the molecule is Cc1ccc(-n2cnnc2S[C@@H](C)C(=O)NC[C@@H]2CCCO2)c(C)c1. The zero-order valence-corrected chi connectivity index (χ0v) is 15.7. The van der Waals surface area contributed by atoms with Crippen LogP contribution in [-0.2, 0) is 9.53 Å². The van der Waals surface area contributed by atoms with Crippen LogP contribution in [0.5, 0.6) is 0 Å². The number of aromatic nitrogens is 3. The van der Waals surface area contributed by atoms with Crippen molar-refractivity contribution in [2.75, 3.05) is 13.2 Å². The van der Waals surface area contributed by atoms with E-state index >= 15 is 0 Å². The lowest BCUT2D eigenvalue weighted by Crippen LogP contribution is -2.36. The Bertz CT molecular complexity index is 740. The first-order chi connectivity index (χ1) is 12.0. The van der Waals surface area contributed by atoms with Gasteiger partial charge in [-0.2, -0.15) is 0 Å². The summed E-state index contributed by atoms with van der Waals surface area (Å²) in [6.45, 7) is 7.39. The normalized spacial score (nSPS) is 18.3. The van der Waals surface area contributed by atoms with E-state index in [-0.39, 0.29) is 17.3 Å². The Hall–Kier alpha value is -1.86. The molecule has 2 heterocycles. The van der Waals surface area contributed by atoms with Crippen molar-refractivity contribution in [3.63, 3.8) is 0 Å². The average molecular weight is 360 g/mol. The number of thioether (sulfide) groups is 1. The summed E-state index contributed by atoms with van der Waals surface area (Å²) < 4.78 is 7.47. The Balaban J connectivity index is 1.64. The third kappa shape index (κ3) is 4.41. The number of ether oxygens (including phenoxy) is 1. The lowest BCUT2D eigenvalue weighted by atomic mass is 10.1. The predicted molar refractivity (Wildman–Crippen MR) is 98.1 cm³/mol. The van der Waals surface area contributed by atoms with Crippen molar-refractivity contribution in [1.82, 2.24) is 20.1 Å². The standard InChI is InChI=1S/C18H24N4O2S/c1-12-6-7-16(13(2)9-12)22-11-20-21-18(22)25-14(3)17(23)19-10-15-5-4-8-24-15/h6-7,9,11,14-15H,4-5,8,10H2,1-3H3,(H,19,23)/t14-,15-/m0/s1. The fourth-order valence-electron chi connectivity index (χ4n) is 2.92. The Kier molecular flexibility index (Phi) is 5.75. The van der Waals surface area contributed by atoms with E-state index in [9.17, 15) is 4.79 Å². The molecule has 2 atom stereocenters. The molecule has 3 rings (SSSR count). The van der Waals surface area contributed by atoms with Crippen molar-refractivity contribution in [3.05, 3.63) is 35.7 Å². The summed E-state index contributed by atoms with van der Waals surface area (Å²) in [4.78, 5) is 12.3. The lowest BCUT2D eigenvalue weighted by molar-refractivity contribution is -0.120. The number of hydrogen-bond donors (Lipinski definition) is 1. The van der Waals surface area contributed by atoms with Crippen LogP contribution < -0.4 is 5.32 Å². The molecule has 1 aliphatic heterocycles. The number of benzene rings is 1. The van der Waals surface area contributed by atoms with Gasteiger partial charge in [-0.3, -0.25) is 9.36 Å². The second-order valence-corrected chi connectivity index (χ2v) is 7.72. The van der Waals surface area contributed by atoms with E-state index < -0.39 is 0 Å². The molecule has 0 saturated carbocycles. The molecule has 1 aromatic carbocycles. The van der Waals surface area contributed by atoms with Gasteiger partial charge in [0.15, 0.2) is 5.16 Å². The summed E-state index contributed by atoms with van der Waals surface area (Å²) in [6, 6.07) is 6.25. The minimum Gasteiger partial charge on any atom is -0.376 e. The second-order valence-electron chi connectivity index (χ2n) is 6.41. The summed E-state index contributed by atoms with van der Waals surface area (Å²) in [6.07, 6.45) is 3.93. The molecule has 1 fully saturated rings. The van der Waals surface area contributed by atoms with Crippen LogP contribution in [0.4, 0.5) is 0 Å². The highest BCUT2D eigenvalue weighted by Crippen LogP contribution is 2.25. The van der Waals surface area contributed by atoms with Gasteiger partial charge in [-0.1, -0.05) is 29.5 Å². The molecule has 1 N–H and O–H groups in total. The van der Waals surface area contributed by atoms with Crippen LogP contribution in [0.1, 0.15) is 30.9 Å². The largest absolute Gasteiger partial charge is 0.376 e. The number of nitrogens with zero attached hydrogens (tertiary/aromatic N) is 3. The molecule has 0 radical (unpaired) electrons. The molecule has 1 saturated heterocycles. The van der Waals surface area contributed by atoms with E-state index in [0.717, 1.165) is 30.7 Å². The van der Waals surface area contributed by atoms with E-state index in [4.69, 9.17) is 4.74 Å². The van der Waals surface area contributed by atoms with Gasteiger partial charge in [0.25, 0.3) is 0 Å². The fraction of sp³-hybridized carbons (Fsp3) is 0.500. The smallest absolute Gasteiger partial charge is 0.233 e. The van der Waals surface area contributed by atoms with Crippen LogP contribution in [0.15, 0.2) is 29.7 Å². The maximum Gasteiger partial charge on any atom is 0.233 e. The van der Waals surface area contributed by atoms with E-state index in [0.29, 0.717) is 11.7 Å². The van der Waals surface area contributed by atoms with Crippen LogP contribution in [0, 0.1) is 13.8 Å². The third-order valence-electron chi connectivity index (χ3n) is 4.31. The first-order valence-corrected chi connectivity index (χ1v) is 9.46. The molecule has 134 valence electrons. The summed E-state index contributed by atoms with van der Waals surface area (Å²) >= 11 is 1.41. The van der Waals surface area contributed by atoms with Gasteiger partial charge in [-0.25, -0.2) is 0 Å². The van der Waals surface area contributed by atoms with Crippen LogP contribution in [0.3, 0.4) is 0 Å². The number of amides is 1. The molecule has 0 aliphatic carbocycles. The number of carbonyl (C=O) groups is 1. The van der Waals surface area contributed by atoms with Crippen molar-refractivity contribution in [1.29, 1.82) is 0 Å². The van der Waals surface area contributed by atoms with Gasteiger partial charge in [-0.15, -0.1) is 10.2 Å². The molecular weight excluding hydrogens is 336 g/mol. The van der Waals surface area contributed by atoms with Crippen LogP contribution in [0.25, 0.3) is 5.69 Å². The minimum atomic E-state index is -0.255. The predicted octanol–water partition coefficient (Wildman–Crippen LogP) is 2.66. The maximum absolute atomic E-state index is 12.3. The second kappa shape index (κ2) is 8.01. The third-order valence-corrected chi connectivity index (χ3v) is 5.36. The summed E-state index contributed by atoms with van der Waals surface area (Å²) in [5.41, 5.74) is 3.40. The van der Waals surface area contributed by atoms with Gasteiger partial charge < -0.3 is 10.1 Å². The first kappa shape index (κ1) is 17.9. The van der Waals surface area contributed by atoms with E-state index in [1.807, 2.05) is 11.5 Å². The van der Waals surface area contributed by atoms with Gasteiger partial charge in [-0.05, 0) is 45.2 Å². The zero-order valence-electron chi connectivity index (χ0n) is 14.9. The number of carbonyl (C=O) groups excluding carboxylic acids is 1. The van der Waals surface area contributed by atoms with Gasteiger partial charge >= 0.3 is 0 Å². The van der Waals surface area contributed by atoms with Gasteiger partial charge in [0.2, 0.25) is 5.91 Å². The van der Waals surface area contributed by atoms with Crippen LogP contribution in [-0.4, -0.2) is 45.2 Å². The molecule has 0 spiro atoms. The van der Waals surface area contributed by atoms with Crippen molar-refractivity contribution in [3.8, 4) is 5.69 Å². The highest BCUT2D eigenvalue weighted by atomic mass is 32.2. The van der Waals surface area contributed by atoms with Crippen molar-refractivity contribution >= 4 is 17.7 Å². The molecule has 0 unspecified atom stereocenters. The molecule has 25 heavy (non-hydrogen) atoms. The average Bonchev–Trinajstić information content (AvgIpc) is 3.24. The number of nitrogens with one attached hydrogen (secondary N) is 1. The van der Waals surface area contributed by atoms with Gasteiger partial charge in [0.05, 0.1) is 17.0 Å². The first-order valence-electron chi connectivity index (χ1n) is 8.58. The highest BCUT2D eigenvalue weighted by molar-refractivity contribution is 8.00. The molecule has 1 amide bonds. The highest BCUT2D eigenvalue weighted by Gasteiger charge is 2.21. The minimum absolute atomic E-state index is 0.00400. The fourth-order valence-corrected chi connectivity index (χ4v) is 3.78. The molecule has 6 nitrogen and oxygen atoms in total. The van der Waals surface area contributed by atoms with Crippen molar-refractivity contribution < 1.29 is 9.53 Å². The number of hydrogen-bond acceptors (Lipinski definition) is 5. The molecule has 0 bridgehead atoms. The van der Waals surface area contributed by atoms with Gasteiger partial charge in [0, 0.05) is 13.2 Å². The topological polar surface area (TPSA) is 69.0 Å². The zero-order chi connectivity index (χ0) is 17.8. The molecule has 7 heteroatoms.